The molecule has 170 valence electrons. The lowest BCUT2D eigenvalue weighted by molar-refractivity contribution is -0.117. The number of unbranched alkanes of at least 4 members (excludes halogenated alkanes) is 1. The van der Waals surface area contributed by atoms with Crippen LogP contribution < -0.4 is 16.0 Å². The second-order valence-electron chi connectivity index (χ2n) is 7.38. The molecule has 0 atom stereocenters. The first kappa shape index (κ1) is 23.5. The van der Waals surface area contributed by atoms with Gasteiger partial charge in [0.05, 0.1) is 6.26 Å². The van der Waals surface area contributed by atoms with E-state index in [1.165, 1.54) is 12.3 Å². The lowest BCUT2D eigenvalue weighted by Gasteiger charge is -2.11. The molecule has 7 heteroatoms. The Morgan fingerprint density at radius 1 is 0.848 bits per heavy atom. The van der Waals surface area contributed by atoms with E-state index in [0.717, 1.165) is 18.4 Å². The summed E-state index contributed by atoms with van der Waals surface area (Å²) in [6.07, 6.45) is 4.91. The maximum absolute atomic E-state index is 12.8. The van der Waals surface area contributed by atoms with Gasteiger partial charge < -0.3 is 20.4 Å². The predicted octanol–water partition coefficient (Wildman–Crippen LogP) is 3.90. The summed E-state index contributed by atoms with van der Waals surface area (Å²) in [5, 5.41) is 8.32. The Hall–Kier alpha value is -4.13. The molecule has 0 bridgehead atoms. The van der Waals surface area contributed by atoms with Crippen molar-refractivity contribution in [3.05, 3.63) is 101 Å². The van der Waals surface area contributed by atoms with Crippen molar-refractivity contribution >= 4 is 23.8 Å². The summed E-state index contributed by atoms with van der Waals surface area (Å²) in [4.78, 5) is 37.5. The average molecular weight is 446 g/mol. The van der Waals surface area contributed by atoms with Gasteiger partial charge in [0.25, 0.3) is 17.7 Å². The van der Waals surface area contributed by atoms with E-state index in [2.05, 4.69) is 22.9 Å². The zero-order chi connectivity index (χ0) is 23.5. The summed E-state index contributed by atoms with van der Waals surface area (Å²) in [5.41, 5.74) is 1.88. The molecule has 33 heavy (non-hydrogen) atoms. The number of hydrogen-bond donors (Lipinski definition) is 3. The fraction of sp³-hybridized carbons (Fsp3) is 0.192. The van der Waals surface area contributed by atoms with E-state index in [4.69, 9.17) is 4.42 Å². The van der Waals surface area contributed by atoms with Gasteiger partial charge in [0.2, 0.25) is 0 Å². The van der Waals surface area contributed by atoms with Gasteiger partial charge >= 0.3 is 0 Å². The summed E-state index contributed by atoms with van der Waals surface area (Å²) in [5.74, 6) is -0.544. The highest BCUT2D eigenvalue weighted by Gasteiger charge is 2.15. The van der Waals surface area contributed by atoms with Crippen molar-refractivity contribution in [3.63, 3.8) is 0 Å². The summed E-state index contributed by atoms with van der Waals surface area (Å²) >= 11 is 0. The summed E-state index contributed by atoms with van der Waals surface area (Å²) in [6, 6.07) is 19.0. The predicted molar refractivity (Wildman–Crippen MR) is 126 cm³/mol. The molecule has 2 aromatic carbocycles. The van der Waals surface area contributed by atoms with Crippen LogP contribution in [0.15, 0.2) is 83.1 Å². The Kier molecular flexibility index (Phi) is 8.59. The number of furan rings is 1. The van der Waals surface area contributed by atoms with E-state index in [9.17, 15) is 14.4 Å². The van der Waals surface area contributed by atoms with Crippen LogP contribution in [0.2, 0.25) is 0 Å². The highest BCUT2D eigenvalue weighted by atomic mass is 16.3. The molecular formula is C26H27N3O4. The van der Waals surface area contributed by atoms with Crippen molar-refractivity contribution in [1.29, 1.82) is 0 Å². The largest absolute Gasteiger partial charge is 0.465 e. The van der Waals surface area contributed by atoms with Gasteiger partial charge in [-0.15, -0.1) is 0 Å². The SMILES string of the molecule is CCCCNC(=O)c1ccc(CNC(=O)C(=Cc2ccco2)NC(=O)c2ccccc2)cc1. The van der Waals surface area contributed by atoms with Crippen molar-refractivity contribution in [2.24, 2.45) is 0 Å². The maximum Gasteiger partial charge on any atom is 0.268 e. The van der Waals surface area contributed by atoms with Crippen LogP contribution in [-0.4, -0.2) is 24.3 Å². The van der Waals surface area contributed by atoms with Crippen LogP contribution in [0.5, 0.6) is 0 Å². The lowest BCUT2D eigenvalue weighted by Crippen LogP contribution is -2.34. The van der Waals surface area contributed by atoms with Crippen molar-refractivity contribution in [3.8, 4) is 0 Å². The van der Waals surface area contributed by atoms with Crippen molar-refractivity contribution in [2.75, 3.05) is 6.54 Å². The van der Waals surface area contributed by atoms with Gasteiger partial charge in [-0.2, -0.15) is 0 Å². The van der Waals surface area contributed by atoms with E-state index in [1.54, 1.807) is 60.7 Å². The average Bonchev–Trinajstić information content (AvgIpc) is 3.36. The van der Waals surface area contributed by atoms with Gasteiger partial charge in [0.1, 0.15) is 11.5 Å². The van der Waals surface area contributed by atoms with Gasteiger partial charge in [0, 0.05) is 30.3 Å². The first-order valence-electron chi connectivity index (χ1n) is 10.8. The third-order valence-electron chi connectivity index (χ3n) is 4.84. The molecule has 0 radical (unpaired) electrons. The highest BCUT2D eigenvalue weighted by molar-refractivity contribution is 6.05. The molecule has 3 N–H and O–H groups in total. The number of hydrogen-bond acceptors (Lipinski definition) is 4. The molecule has 3 amide bonds. The highest BCUT2D eigenvalue weighted by Crippen LogP contribution is 2.09. The van der Waals surface area contributed by atoms with Crippen LogP contribution in [0.1, 0.15) is 51.8 Å². The fourth-order valence-corrected chi connectivity index (χ4v) is 2.99. The van der Waals surface area contributed by atoms with Crippen LogP contribution in [0.25, 0.3) is 6.08 Å². The molecule has 0 saturated carbocycles. The Labute approximate surface area is 192 Å². The Morgan fingerprint density at radius 3 is 2.24 bits per heavy atom. The summed E-state index contributed by atoms with van der Waals surface area (Å²) < 4.78 is 5.29. The number of rotatable bonds is 10. The van der Waals surface area contributed by atoms with Crippen LogP contribution in [0.4, 0.5) is 0 Å². The molecule has 1 heterocycles. The van der Waals surface area contributed by atoms with Crippen LogP contribution in [0, 0.1) is 0 Å². The van der Waals surface area contributed by atoms with E-state index >= 15 is 0 Å². The molecule has 1 aromatic heterocycles. The topological polar surface area (TPSA) is 100 Å². The lowest BCUT2D eigenvalue weighted by atomic mass is 10.1. The van der Waals surface area contributed by atoms with Gasteiger partial charge in [-0.3, -0.25) is 14.4 Å². The van der Waals surface area contributed by atoms with Gasteiger partial charge in [-0.05, 0) is 48.4 Å². The smallest absolute Gasteiger partial charge is 0.268 e. The molecule has 0 aliphatic carbocycles. The summed E-state index contributed by atoms with van der Waals surface area (Å²) in [7, 11) is 0. The quantitative estimate of drug-likeness (QED) is 0.325. The Bertz CT molecular complexity index is 1090. The second-order valence-corrected chi connectivity index (χ2v) is 7.38. The van der Waals surface area contributed by atoms with Crippen LogP contribution >= 0.6 is 0 Å². The zero-order valence-corrected chi connectivity index (χ0v) is 18.5. The second kappa shape index (κ2) is 12.0. The maximum atomic E-state index is 12.8. The number of carbonyl (C=O) groups excluding carboxylic acids is 3. The van der Waals surface area contributed by atoms with Crippen LogP contribution in [-0.2, 0) is 11.3 Å². The molecule has 3 aromatic rings. The molecular weight excluding hydrogens is 418 g/mol. The van der Waals surface area contributed by atoms with E-state index < -0.39 is 11.8 Å². The van der Waals surface area contributed by atoms with E-state index in [0.29, 0.717) is 23.4 Å². The van der Waals surface area contributed by atoms with Crippen molar-refractivity contribution in [1.82, 2.24) is 16.0 Å². The molecule has 0 saturated heterocycles. The third kappa shape index (κ3) is 7.21. The zero-order valence-electron chi connectivity index (χ0n) is 18.5. The molecule has 0 aliphatic rings. The monoisotopic (exact) mass is 445 g/mol. The molecule has 0 spiro atoms. The minimum Gasteiger partial charge on any atom is -0.465 e. The molecule has 0 unspecified atom stereocenters. The minimum atomic E-state index is -0.461. The van der Waals surface area contributed by atoms with E-state index in [-0.39, 0.29) is 18.1 Å². The Morgan fingerprint density at radius 2 is 1.58 bits per heavy atom. The van der Waals surface area contributed by atoms with Gasteiger partial charge in [-0.25, -0.2) is 0 Å². The number of nitrogens with one attached hydrogen (secondary N) is 3. The summed E-state index contributed by atoms with van der Waals surface area (Å²) in [6.45, 7) is 2.94. The van der Waals surface area contributed by atoms with Crippen molar-refractivity contribution in [2.45, 2.75) is 26.3 Å². The Balaban J connectivity index is 1.63. The van der Waals surface area contributed by atoms with E-state index in [1.807, 2.05) is 6.07 Å². The van der Waals surface area contributed by atoms with Gasteiger partial charge in [0.15, 0.2) is 0 Å². The first-order valence-corrected chi connectivity index (χ1v) is 10.8. The van der Waals surface area contributed by atoms with Crippen LogP contribution in [0.3, 0.4) is 0 Å². The molecule has 7 nitrogen and oxygen atoms in total. The normalized spacial score (nSPS) is 11.0. The van der Waals surface area contributed by atoms with Crippen molar-refractivity contribution < 1.29 is 18.8 Å². The minimum absolute atomic E-state index is 0.0609. The molecule has 0 fully saturated rings. The fourth-order valence-electron chi connectivity index (χ4n) is 2.99. The number of carbonyl (C=O) groups is 3. The third-order valence-corrected chi connectivity index (χ3v) is 4.84. The first-order chi connectivity index (χ1) is 16.1. The standard InChI is InChI=1S/C26H27N3O4/c1-2-3-15-27-24(30)21-13-11-19(12-14-21)18-28-26(32)23(17-22-10-7-16-33-22)29-25(31)20-8-5-4-6-9-20/h4-14,16-17H,2-3,15,18H2,1H3,(H,27,30)(H,28,32)(H,29,31). The number of benzene rings is 2. The molecule has 3 rings (SSSR count). The number of amides is 3. The van der Waals surface area contributed by atoms with Gasteiger partial charge in [-0.1, -0.05) is 43.7 Å². The molecule has 0 aliphatic heterocycles.